The Balaban J connectivity index is 2.28. The van der Waals surface area contributed by atoms with E-state index in [9.17, 15) is 12.8 Å². The highest BCUT2D eigenvalue weighted by Crippen LogP contribution is 2.17. The summed E-state index contributed by atoms with van der Waals surface area (Å²) in [5.41, 5.74) is 6.70. The molecule has 0 spiro atoms. The molecule has 4 nitrogen and oxygen atoms in total. The van der Waals surface area contributed by atoms with E-state index in [1.165, 1.54) is 18.3 Å². The van der Waals surface area contributed by atoms with Crippen LogP contribution in [0.15, 0.2) is 47.5 Å². The molecule has 2 aromatic rings. The van der Waals surface area contributed by atoms with Gasteiger partial charge in [-0.25, -0.2) is 12.8 Å². The first kappa shape index (κ1) is 13.6. The predicted octanol–water partition coefficient (Wildman–Crippen LogP) is 1.65. The molecule has 0 aliphatic heterocycles. The maximum absolute atomic E-state index is 12.8. The zero-order valence-electron chi connectivity index (χ0n) is 10.1. The Morgan fingerprint density at radius 1 is 1.16 bits per heavy atom. The number of rotatable bonds is 4. The summed E-state index contributed by atoms with van der Waals surface area (Å²) in [6.07, 6.45) is 1.53. The molecule has 0 amide bonds. The van der Waals surface area contributed by atoms with Crippen molar-refractivity contribution < 1.29 is 12.8 Å². The molecular weight excluding hydrogens is 267 g/mol. The predicted molar refractivity (Wildman–Crippen MR) is 69.4 cm³/mol. The summed E-state index contributed by atoms with van der Waals surface area (Å²) in [4.78, 5) is 4.10. The summed E-state index contributed by atoms with van der Waals surface area (Å²) in [5.74, 6) is -0.623. The molecule has 1 aromatic heterocycles. The zero-order valence-corrected chi connectivity index (χ0v) is 10.9. The largest absolute Gasteiger partial charge is 0.325 e. The summed E-state index contributed by atoms with van der Waals surface area (Å²) in [6, 6.07) is 8.06. The van der Waals surface area contributed by atoms with E-state index in [-0.39, 0.29) is 17.2 Å². The Kier molecular flexibility index (Phi) is 3.92. The number of sulfone groups is 1. The molecule has 2 N–H and O–H groups in total. The molecule has 0 atom stereocenters. The van der Waals surface area contributed by atoms with E-state index in [2.05, 4.69) is 4.98 Å². The van der Waals surface area contributed by atoms with Crippen molar-refractivity contribution >= 4 is 9.84 Å². The van der Waals surface area contributed by atoms with Crippen molar-refractivity contribution in [3.63, 3.8) is 0 Å². The van der Waals surface area contributed by atoms with Crippen LogP contribution in [-0.4, -0.2) is 13.4 Å². The lowest BCUT2D eigenvalue weighted by molar-refractivity contribution is 0.594. The summed E-state index contributed by atoms with van der Waals surface area (Å²) in [6.45, 7) is 0.254. The minimum Gasteiger partial charge on any atom is -0.325 e. The molecule has 0 fully saturated rings. The number of nitrogens with zero attached hydrogens (tertiary/aromatic N) is 1. The van der Waals surface area contributed by atoms with Gasteiger partial charge in [-0.15, -0.1) is 0 Å². The van der Waals surface area contributed by atoms with Crippen LogP contribution in [0.5, 0.6) is 0 Å². The molecule has 19 heavy (non-hydrogen) atoms. The SMILES string of the molecule is NCc1cc(CS(=O)(=O)c2ccc(F)cc2)ccn1. The Labute approximate surface area is 111 Å². The van der Waals surface area contributed by atoms with Crippen LogP contribution in [-0.2, 0) is 22.1 Å². The molecule has 0 saturated carbocycles. The molecule has 0 bridgehead atoms. The van der Waals surface area contributed by atoms with Crippen molar-refractivity contribution in [2.45, 2.75) is 17.2 Å². The van der Waals surface area contributed by atoms with Crippen molar-refractivity contribution in [2.75, 3.05) is 0 Å². The third-order valence-corrected chi connectivity index (χ3v) is 4.32. The fourth-order valence-corrected chi connectivity index (χ4v) is 3.01. The summed E-state index contributed by atoms with van der Waals surface area (Å²) < 4.78 is 37.1. The lowest BCUT2D eigenvalue weighted by atomic mass is 10.2. The molecule has 2 rings (SSSR count). The zero-order chi connectivity index (χ0) is 13.9. The smallest absolute Gasteiger partial charge is 0.182 e. The number of pyridine rings is 1. The quantitative estimate of drug-likeness (QED) is 0.864. The Hall–Kier alpha value is -1.79. The van der Waals surface area contributed by atoms with Gasteiger partial charge in [-0.1, -0.05) is 0 Å². The van der Waals surface area contributed by atoms with Gasteiger partial charge in [0.15, 0.2) is 9.84 Å². The molecule has 100 valence electrons. The second-order valence-electron chi connectivity index (χ2n) is 4.07. The Bertz CT molecular complexity index is 669. The molecule has 0 saturated heterocycles. The van der Waals surface area contributed by atoms with Gasteiger partial charge in [0, 0.05) is 12.7 Å². The average molecular weight is 280 g/mol. The lowest BCUT2D eigenvalue weighted by Gasteiger charge is -2.05. The summed E-state index contributed by atoms with van der Waals surface area (Å²) in [5, 5.41) is 0. The Morgan fingerprint density at radius 2 is 1.84 bits per heavy atom. The van der Waals surface area contributed by atoms with E-state index in [4.69, 9.17) is 5.73 Å². The van der Waals surface area contributed by atoms with Crippen molar-refractivity contribution in [2.24, 2.45) is 5.73 Å². The highest BCUT2D eigenvalue weighted by atomic mass is 32.2. The molecule has 1 aromatic carbocycles. The fraction of sp³-hybridized carbons (Fsp3) is 0.154. The minimum absolute atomic E-state index is 0.0972. The van der Waals surface area contributed by atoms with Crippen molar-refractivity contribution in [1.82, 2.24) is 4.98 Å². The highest BCUT2D eigenvalue weighted by Gasteiger charge is 2.15. The van der Waals surface area contributed by atoms with E-state index in [0.717, 1.165) is 12.1 Å². The number of benzene rings is 1. The number of hydrogen-bond acceptors (Lipinski definition) is 4. The van der Waals surface area contributed by atoms with Crippen molar-refractivity contribution in [1.29, 1.82) is 0 Å². The van der Waals surface area contributed by atoms with Gasteiger partial charge < -0.3 is 5.73 Å². The molecule has 1 heterocycles. The number of nitrogens with two attached hydrogens (primary N) is 1. The van der Waals surface area contributed by atoms with Gasteiger partial charge in [0.1, 0.15) is 5.82 Å². The van der Waals surface area contributed by atoms with Gasteiger partial charge >= 0.3 is 0 Å². The topological polar surface area (TPSA) is 73.1 Å². The third-order valence-electron chi connectivity index (χ3n) is 2.62. The number of hydrogen-bond donors (Lipinski definition) is 1. The minimum atomic E-state index is -3.49. The maximum atomic E-state index is 12.8. The second kappa shape index (κ2) is 5.46. The Morgan fingerprint density at radius 3 is 2.47 bits per heavy atom. The molecule has 0 aliphatic carbocycles. The normalized spacial score (nSPS) is 11.5. The molecule has 0 unspecified atom stereocenters. The van der Waals surface area contributed by atoms with Crippen LogP contribution in [0, 0.1) is 5.82 Å². The first-order valence-corrected chi connectivity index (χ1v) is 7.29. The van der Waals surface area contributed by atoms with Gasteiger partial charge in [-0.3, -0.25) is 4.98 Å². The summed E-state index contributed by atoms with van der Waals surface area (Å²) >= 11 is 0. The monoisotopic (exact) mass is 280 g/mol. The van der Waals surface area contributed by atoms with Gasteiger partial charge in [-0.05, 0) is 42.0 Å². The van der Waals surface area contributed by atoms with E-state index in [1.807, 2.05) is 0 Å². The van der Waals surface area contributed by atoms with E-state index in [1.54, 1.807) is 12.1 Å². The maximum Gasteiger partial charge on any atom is 0.182 e. The van der Waals surface area contributed by atoms with Crippen LogP contribution < -0.4 is 5.73 Å². The molecule has 0 aliphatic rings. The second-order valence-corrected chi connectivity index (χ2v) is 6.06. The first-order chi connectivity index (χ1) is 9.01. The molecular formula is C13H13FN2O2S. The van der Waals surface area contributed by atoms with E-state index in [0.29, 0.717) is 11.3 Å². The lowest BCUT2D eigenvalue weighted by Crippen LogP contribution is -2.07. The molecule has 0 radical (unpaired) electrons. The van der Waals surface area contributed by atoms with Crippen LogP contribution >= 0.6 is 0 Å². The van der Waals surface area contributed by atoms with Gasteiger partial charge in [0.05, 0.1) is 16.3 Å². The fourth-order valence-electron chi connectivity index (χ4n) is 1.67. The third kappa shape index (κ3) is 3.36. The van der Waals surface area contributed by atoms with Crippen molar-refractivity contribution in [3.8, 4) is 0 Å². The summed E-state index contributed by atoms with van der Waals surface area (Å²) in [7, 11) is -3.49. The van der Waals surface area contributed by atoms with Gasteiger partial charge in [-0.2, -0.15) is 0 Å². The average Bonchev–Trinajstić information content (AvgIpc) is 2.39. The van der Waals surface area contributed by atoms with Crippen molar-refractivity contribution in [3.05, 3.63) is 59.7 Å². The highest BCUT2D eigenvalue weighted by molar-refractivity contribution is 7.90. The van der Waals surface area contributed by atoms with Crippen LogP contribution in [0.1, 0.15) is 11.3 Å². The standard InChI is InChI=1S/C13H13FN2O2S/c14-11-1-3-13(4-2-11)19(17,18)9-10-5-6-16-12(7-10)8-15/h1-7H,8-9,15H2. The number of aromatic nitrogens is 1. The number of halogens is 1. The van der Waals surface area contributed by atoms with E-state index < -0.39 is 15.7 Å². The van der Waals surface area contributed by atoms with Crippen LogP contribution in [0.2, 0.25) is 0 Å². The van der Waals surface area contributed by atoms with Crippen LogP contribution in [0.4, 0.5) is 4.39 Å². The molecule has 6 heteroatoms. The van der Waals surface area contributed by atoms with Crippen LogP contribution in [0.25, 0.3) is 0 Å². The van der Waals surface area contributed by atoms with E-state index >= 15 is 0 Å². The first-order valence-electron chi connectivity index (χ1n) is 5.63. The van der Waals surface area contributed by atoms with Crippen LogP contribution in [0.3, 0.4) is 0 Å². The van der Waals surface area contributed by atoms with Gasteiger partial charge in [0.25, 0.3) is 0 Å². The van der Waals surface area contributed by atoms with Gasteiger partial charge in [0.2, 0.25) is 0 Å².